The van der Waals surface area contributed by atoms with Gasteiger partial charge in [0.05, 0.1) is 12.2 Å². The van der Waals surface area contributed by atoms with Crippen molar-refractivity contribution in [3.8, 4) is 0 Å². The molecular formula is C12H19N5O3S. The second kappa shape index (κ2) is 5.76. The number of nitrogens with two attached hydrogens (primary N) is 1. The summed E-state index contributed by atoms with van der Waals surface area (Å²) in [6, 6.07) is 0. The van der Waals surface area contributed by atoms with Crippen LogP contribution in [0.5, 0.6) is 0 Å². The van der Waals surface area contributed by atoms with Crippen molar-refractivity contribution in [3.63, 3.8) is 0 Å². The summed E-state index contributed by atoms with van der Waals surface area (Å²) in [7, 11) is 0. The fourth-order valence-electron chi connectivity index (χ4n) is 2.54. The molecule has 21 heavy (non-hydrogen) atoms. The van der Waals surface area contributed by atoms with Crippen molar-refractivity contribution in [1.29, 1.82) is 0 Å². The maximum absolute atomic E-state index is 12.4. The number of hydrogen-bond acceptors (Lipinski definition) is 8. The van der Waals surface area contributed by atoms with E-state index in [1.165, 1.54) is 16.2 Å². The van der Waals surface area contributed by atoms with Crippen LogP contribution < -0.4 is 16.0 Å². The number of anilines is 2. The highest BCUT2D eigenvalue weighted by molar-refractivity contribution is 7.18. The number of β-amino-alcohol motifs (C(OH)–C–C–N with tert-alkyl or cyclic N) is 2. The average molecular weight is 313 g/mol. The highest BCUT2D eigenvalue weighted by atomic mass is 32.1. The maximum atomic E-state index is 12.4. The first-order chi connectivity index (χ1) is 10.1. The number of amides is 1. The number of nitrogens with one attached hydrogen (secondary N) is 1. The molecule has 0 aromatic carbocycles. The van der Waals surface area contributed by atoms with Gasteiger partial charge in [-0.3, -0.25) is 4.79 Å². The van der Waals surface area contributed by atoms with E-state index in [-0.39, 0.29) is 24.8 Å². The molecule has 1 aromatic rings. The summed E-state index contributed by atoms with van der Waals surface area (Å²) in [5.74, 6) is -0.0589. The van der Waals surface area contributed by atoms with E-state index >= 15 is 0 Å². The number of likely N-dealkylation sites (tertiary alicyclic amines) is 1. The van der Waals surface area contributed by atoms with Crippen molar-refractivity contribution in [2.24, 2.45) is 0 Å². The van der Waals surface area contributed by atoms with Crippen LogP contribution in [0.2, 0.25) is 0 Å². The van der Waals surface area contributed by atoms with Gasteiger partial charge in [-0.05, 0) is 0 Å². The van der Waals surface area contributed by atoms with Crippen LogP contribution in [0.3, 0.4) is 0 Å². The Balaban J connectivity index is 1.76. The quantitative estimate of drug-likeness (QED) is 0.515. The summed E-state index contributed by atoms with van der Waals surface area (Å²) < 4.78 is 0. The summed E-state index contributed by atoms with van der Waals surface area (Å²) in [6.07, 6.45) is -1.79. The van der Waals surface area contributed by atoms with Crippen molar-refractivity contribution < 1.29 is 15.0 Å². The number of carbonyl (C=O) groups is 1. The number of piperazine rings is 1. The van der Waals surface area contributed by atoms with Crippen LogP contribution >= 0.6 is 11.3 Å². The third-order valence-corrected chi connectivity index (χ3v) is 4.89. The molecule has 0 spiro atoms. The highest BCUT2D eigenvalue weighted by Crippen LogP contribution is 2.30. The third kappa shape index (κ3) is 2.82. The summed E-state index contributed by atoms with van der Waals surface area (Å²) in [5, 5.41) is 23.1. The van der Waals surface area contributed by atoms with Gasteiger partial charge in [-0.25, -0.2) is 4.98 Å². The van der Waals surface area contributed by atoms with Crippen LogP contribution in [0.25, 0.3) is 0 Å². The number of nitrogen functional groups attached to an aromatic ring is 1. The molecule has 3 heterocycles. The molecular weight excluding hydrogens is 294 g/mol. The molecule has 5 N–H and O–H groups in total. The molecule has 0 radical (unpaired) electrons. The summed E-state index contributed by atoms with van der Waals surface area (Å²) in [4.78, 5) is 20.6. The molecule has 2 unspecified atom stereocenters. The summed E-state index contributed by atoms with van der Waals surface area (Å²) >= 11 is 1.27. The standard InChI is InChI=1S/C12H19N5O3S/c13-10-9(11(20)17-5-7(18)8(19)6-17)21-12(15-10)16-3-1-14-2-4-16/h7-8,14,18-19H,1-6,13H2. The summed E-state index contributed by atoms with van der Waals surface area (Å²) in [6.45, 7) is 3.69. The van der Waals surface area contributed by atoms with Gasteiger partial charge in [-0.2, -0.15) is 0 Å². The van der Waals surface area contributed by atoms with E-state index in [0.29, 0.717) is 4.88 Å². The normalized spacial score (nSPS) is 26.4. The van der Waals surface area contributed by atoms with Crippen molar-refractivity contribution >= 4 is 28.2 Å². The van der Waals surface area contributed by atoms with Crippen LogP contribution in [0.4, 0.5) is 10.9 Å². The third-order valence-electron chi connectivity index (χ3n) is 3.77. The van der Waals surface area contributed by atoms with Crippen LogP contribution in [0.15, 0.2) is 0 Å². The SMILES string of the molecule is Nc1nc(N2CCNCC2)sc1C(=O)N1CC(O)C(O)C1. The molecule has 8 nitrogen and oxygen atoms in total. The zero-order valence-corrected chi connectivity index (χ0v) is 12.3. The van der Waals surface area contributed by atoms with Crippen LogP contribution in [0, 0.1) is 0 Å². The molecule has 2 aliphatic rings. The minimum atomic E-state index is -0.893. The number of rotatable bonds is 2. The molecule has 0 aliphatic carbocycles. The Bertz CT molecular complexity index is 521. The zero-order valence-electron chi connectivity index (χ0n) is 11.5. The van der Waals surface area contributed by atoms with Gasteiger partial charge < -0.3 is 31.1 Å². The van der Waals surface area contributed by atoms with Gasteiger partial charge in [0.1, 0.15) is 10.7 Å². The zero-order chi connectivity index (χ0) is 15.0. The van der Waals surface area contributed by atoms with Gasteiger partial charge in [-0.1, -0.05) is 11.3 Å². The van der Waals surface area contributed by atoms with E-state index in [0.717, 1.165) is 31.3 Å². The minimum Gasteiger partial charge on any atom is -0.388 e. The predicted molar refractivity (Wildman–Crippen MR) is 79.5 cm³/mol. The molecule has 2 fully saturated rings. The van der Waals surface area contributed by atoms with Gasteiger partial charge in [-0.15, -0.1) is 0 Å². The van der Waals surface area contributed by atoms with E-state index in [2.05, 4.69) is 15.2 Å². The Labute approximate surface area is 126 Å². The lowest BCUT2D eigenvalue weighted by molar-refractivity contribution is 0.0572. The van der Waals surface area contributed by atoms with E-state index < -0.39 is 12.2 Å². The Hall–Kier alpha value is -1.42. The van der Waals surface area contributed by atoms with E-state index in [1.807, 2.05) is 0 Å². The van der Waals surface area contributed by atoms with Gasteiger partial charge in [0, 0.05) is 39.3 Å². The highest BCUT2D eigenvalue weighted by Gasteiger charge is 2.35. The van der Waals surface area contributed by atoms with Crippen LogP contribution in [0.1, 0.15) is 9.67 Å². The lowest BCUT2D eigenvalue weighted by atomic mass is 10.3. The van der Waals surface area contributed by atoms with Crippen molar-refractivity contribution in [2.45, 2.75) is 12.2 Å². The molecule has 1 aromatic heterocycles. The van der Waals surface area contributed by atoms with E-state index in [4.69, 9.17) is 5.73 Å². The minimum absolute atomic E-state index is 0.125. The molecule has 0 bridgehead atoms. The number of aromatic nitrogens is 1. The average Bonchev–Trinajstić information content (AvgIpc) is 3.03. The van der Waals surface area contributed by atoms with Gasteiger partial charge in [0.25, 0.3) is 5.91 Å². The molecule has 0 saturated carbocycles. The number of carbonyl (C=O) groups excluding carboxylic acids is 1. The number of hydrogen-bond donors (Lipinski definition) is 4. The molecule has 3 rings (SSSR count). The molecule has 116 valence electrons. The number of nitrogens with zero attached hydrogens (tertiary/aromatic N) is 3. The van der Waals surface area contributed by atoms with Crippen molar-refractivity contribution in [3.05, 3.63) is 4.88 Å². The number of aliphatic hydroxyl groups excluding tert-OH is 2. The Kier molecular flexibility index (Phi) is 3.98. The second-order valence-electron chi connectivity index (χ2n) is 5.29. The molecule has 9 heteroatoms. The lowest BCUT2D eigenvalue weighted by Crippen LogP contribution is -2.43. The first kappa shape index (κ1) is 14.5. The first-order valence-electron chi connectivity index (χ1n) is 6.93. The van der Waals surface area contributed by atoms with Gasteiger partial charge in [0.2, 0.25) is 0 Å². The van der Waals surface area contributed by atoms with Crippen molar-refractivity contribution in [1.82, 2.24) is 15.2 Å². The monoisotopic (exact) mass is 313 g/mol. The topological polar surface area (TPSA) is 115 Å². The maximum Gasteiger partial charge on any atom is 0.268 e. The fraction of sp³-hybridized carbons (Fsp3) is 0.667. The van der Waals surface area contributed by atoms with Crippen LogP contribution in [-0.4, -0.2) is 77.5 Å². The van der Waals surface area contributed by atoms with Crippen LogP contribution in [-0.2, 0) is 0 Å². The predicted octanol–water partition coefficient (Wildman–Crippen LogP) is -1.69. The fourth-order valence-corrected chi connectivity index (χ4v) is 3.55. The Morgan fingerprint density at radius 2 is 1.90 bits per heavy atom. The van der Waals surface area contributed by atoms with Gasteiger partial charge >= 0.3 is 0 Å². The summed E-state index contributed by atoms with van der Waals surface area (Å²) in [5.41, 5.74) is 5.87. The number of thiazole rings is 1. The van der Waals surface area contributed by atoms with E-state index in [1.54, 1.807) is 0 Å². The molecule has 2 saturated heterocycles. The first-order valence-corrected chi connectivity index (χ1v) is 7.75. The largest absolute Gasteiger partial charge is 0.388 e. The second-order valence-corrected chi connectivity index (χ2v) is 6.27. The number of aliphatic hydroxyl groups is 2. The lowest BCUT2D eigenvalue weighted by Gasteiger charge is -2.26. The van der Waals surface area contributed by atoms with Crippen molar-refractivity contribution in [2.75, 3.05) is 49.9 Å². The molecule has 1 amide bonds. The van der Waals surface area contributed by atoms with E-state index in [9.17, 15) is 15.0 Å². The Morgan fingerprint density at radius 1 is 1.29 bits per heavy atom. The molecule has 2 atom stereocenters. The molecule has 2 aliphatic heterocycles. The Morgan fingerprint density at radius 3 is 2.52 bits per heavy atom. The van der Waals surface area contributed by atoms with Gasteiger partial charge in [0.15, 0.2) is 5.13 Å². The smallest absolute Gasteiger partial charge is 0.268 e.